The molecule has 0 unspecified atom stereocenters. The van der Waals surface area contributed by atoms with Gasteiger partial charge in [-0.1, -0.05) is 6.07 Å². The second-order valence-corrected chi connectivity index (χ2v) is 5.34. The van der Waals surface area contributed by atoms with E-state index in [2.05, 4.69) is 10.3 Å². The fraction of sp³-hybridized carbons (Fsp3) is 0.176. The van der Waals surface area contributed by atoms with E-state index < -0.39 is 0 Å². The SMILES string of the molecule is Fc1ccc(-n2nc(Cc3ccccn3)c3c2NCC3)cc1. The van der Waals surface area contributed by atoms with Crippen LogP contribution in [0.4, 0.5) is 10.2 Å². The average Bonchev–Trinajstić information content (AvgIpc) is 3.13. The number of hydrogen-bond donors (Lipinski definition) is 1. The lowest BCUT2D eigenvalue weighted by atomic mass is 10.1. The first-order valence-corrected chi connectivity index (χ1v) is 7.32. The molecule has 0 amide bonds. The standard InChI is InChI=1S/C17H15FN4/c18-12-4-6-14(7-5-12)22-17-15(8-10-20-17)16(21-22)11-13-3-1-2-9-19-13/h1-7,9,20H,8,10-11H2. The van der Waals surface area contributed by atoms with Crippen LogP contribution in [-0.2, 0) is 12.8 Å². The highest BCUT2D eigenvalue weighted by molar-refractivity contribution is 5.57. The predicted octanol–water partition coefficient (Wildman–Crippen LogP) is 2.97. The molecule has 3 aromatic rings. The van der Waals surface area contributed by atoms with Crippen molar-refractivity contribution in [1.29, 1.82) is 0 Å². The van der Waals surface area contributed by atoms with Crippen molar-refractivity contribution in [3.05, 3.63) is 71.4 Å². The fourth-order valence-corrected chi connectivity index (χ4v) is 2.83. The average molecular weight is 294 g/mol. The van der Waals surface area contributed by atoms with Gasteiger partial charge < -0.3 is 5.32 Å². The van der Waals surface area contributed by atoms with E-state index in [0.717, 1.165) is 35.9 Å². The molecule has 4 rings (SSSR count). The first-order valence-electron chi connectivity index (χ1n) is 7.32. The zero-order valence-electron chi connectivity index (χ0n) is 12.0. The molecule has 22 heavy (non-hydrogen) atoms. The Morgan fingerprint density at radius 1 is 1.14 bits per heavy atom. The first-order chi connectivity index (χ1) is 10.8. The second kappa shape index (κ2) is 5.26. The molecule has 1 aliphatic rings. The number of nitrogens with zero attached hydrogens (tertiary/aromatic N) is 3. The molecule has 0 spiro atoms. The summed E-state index contributed by atoms with van der Waals surface area (Å²) in [7, 11) is 0. The maximum atomic E-state index is 13.1. The minimum atomic E-state index is -0.241. The molecule has 1 aliphatic heterocycles. The van der Waals surface area contributed by atoms with Crippen LogP contribution in [0.25, 0.3) is 5.69 Å². The van der Waals surface area contributed by atoms with E-state index in [1.54, 1.807) is 18.3 Å². The van der Waals surface area contributed by atoms with Crippen LogP contribution in [0.2, 0.25) is 0 Å². The van der Waals surface area contributed by atoms with Crippen LogP contribution >= 0.6 is 0 Å². The van der Waals surface area contributed by atoms with E-state index in [9.17, 15) is 4.39 Å². The second-order valence-electron chi connectivity index (χ2n) is 5.34. The van der Waals surface area contributed by atoms with Crippen LogP contribution in [0.5, 0.6) is 0 Å². The van der Waals surface area contributed by atoms with Gasteiger partial charge >= 0.3 is 0 Å². The lowest BCUT2D eigenvalue weighted by Gasteiger charge is -2.06. The van der Waals surface area contributed by atoms with Gasteiger partial charge in [0, 0.05) is 30.4 Å². The zero-order valence-corrected chi connectivity index (χ0v) is 12.0. The van der Waals surface area contributed by atoms with E-state index in [1.165, 1.54) is 17.7 Å². The van der Waals surface area contributed by atoms with Gasteiger partial charge in [0.15, 0.2) is 0 Å². The largest absolute Gasteiger partial charge is 0.369 e. The van der Waals surface area contributed by atoms with E-state index in [1.807, 2.05) is 22.9 Å². The molecule has 0 fully saturated rings. The molecular formula is C17H15FN4. The summed E-state index contributed by atoms with van der Waals surface area (Å²) in [5.74, 6) is 0.770. The highest BCUT2D eigenvalue weighted by Gasteiger charge is 2.23. The van der Waals surface area contributed by atoms with Crippen LogP contribution in [-0.4, -0.2) is 21.3 Å². The van der Waals surface area contributed by atoms with Crippen molar-refractivity contribution >= 4 is 5.82 Å². The summed E-state index contributed by atoms with van der Waals surface area (Å²) in [5, 5.41) is 8.09. The summed E-state index contributed by atoms with van der Waals surface area (Å²) in [5.41, 5.74) is 4.12. The van der Waals surface area contributed by atoms with Gasteiger partial charge in [0.2, 0.25) is 0 Å². The van der Waals surface area contributed by atoms with E-state index in [4.69, 9.17) is 5.10 Å². The van der Waals surface area contributed by atoms with Crippen molar-refractivity contribution in [2.24, 2.45) is 0 Å². The fourth-order valence-electron chi connectivity index (χ4n) is 2.83. The van der Waals surface area contributed by atoms with Crippen molar-refractivity contribution in [2.45, 2.75) is 12.8 Å². The number of nitrogens with one attached hydrogen (secondary N) is 1. The lowest BCUT2D eigenvalue weighted by molar-refractivity contribution is 0.627. The van der Waals surface area contributed by atoms with E-state index >= 15 is 0 Å². The first kappa shape index (κ1) is 13.0. The lowest BCUT2D eigenvalue weighted by Crippen LogP contribution is -2.05. The minimum absolute atomic E-state index is 0.241. The Labute approximate surface area is 127 Å². The van der Waals surface area contributed by atoms with Crippen LogP contribution in [0, 0.1) is 5.82 Å². The number of benzene rings is 1. The van der Waals surface area contributed by atoms with Crippen LogP contribution < -0.4 is 5.32 Å². The molecule has 0 atom stereocenters. The molecule has 110 valence electrons. The van der Waals surface area contributed by atoms with Crippen molar-refractivity contribution in [3.8, 4) is 5.69 Å². The van der Waals surface area contributed by atoms with Gasteiger partial charge in [0.25, 0.3) is 0 Å². The number of aromatic nitrogens is 3. The number of halogens is 1. The molecule has 0 saturated heterocycles. The third-order valence-corrected chi connectivity index (χ3v) is 3.88. The quantitative estimate of drug-likeness (QED) is 0.807. The number of pyridine rings is 1. The normalized spacial score (nSPS) is 13.0. The molecule has 0 aliphatic carbocycles. The van der Waals surface area contributed by atoms with E-state index in [-0.39, 0.29) is 5.82 Å². The van der Waals surface area contributed by atoms with Crippen molar-refractivity contribution in [2.75, 3.05) is 11.9 Å². The summed E-state index contributed by atoms with van der Waals surface area (Å²) in [6.45, 7) is 0.906. The number of hydrogen-bond acceptors (Lipinski definition) is 3. The number of anilines is 1. The molecule has 3 heterocycles. The number of fused-ring (bicyclic) bond motifs is 1. The van der Waals surface area contributed by atoms with Gasteiger partial charge in [-0.05, 0) is 42.8 Å². The van der Waals surface area contributed by atoms with E-state index in [0.29, 0.717) is 6.42 Å². The van der Waals surface area contributed by atoms with Crippen LogP contribution in [0.1, 0.15) is 17.0 Å². The van der Waals surface area contributed by atoms with Crippen molar-refractivity contribution < 1.29 is 4.39 Å². The summed E-state index contributed by atoms with van der Waals surface area (Å²) < 4.78 is 15.0. The Hall–Kier alpha value is -2.69. The topological polar surface area (TPSA) is 42.7 Å². The Bertz CT molecular complexity index is 794. The molecule has 2 aromatic heterocycles. The monoisotopic (exact) mass is 294 g/mol. The molecule has 1 aromatic carbocycles. The minimum Gasteiger partial charge on any atom is -0.369 e. The molecule has 0 saturated carbocycles. The molecule has 0 radical (unpaired) electrons. The van der Waals surface area contributed by atoms with Gasteiger partial charge in [0.1, 0.15) is 11.6 Å². The van der Waals surface area contributed by atoms with Crippen LogP contribution in [0.15, 0.2) is 48.7 Å². The van der Waals surface area contributed by atoms with Crippen molar-refractivity contribution in [3.63, 3.8) is 0 Å². The number of rotatable bonds is 3. The highest BCUT2D eigenvalue weighted by atomic mass is 19.1. The third kappa shape index (κ3) is 2.24. The summed E-state index contributed by atoms with van der Waals surface area (Å²) in [6.07, 6.45) is 3.46. The summed E-state index contributed by atoms with van der Waals surface area (Å²) in [6, 6.07) is 12.3. The smallest absolute Gasteiger partial charge is 0.133 e. The molecular weight excluding hydrogens is 279 g/mol. The summed E-state index contributed by atoms with van der Waals surface area (Å²) in [4.78, 5) is 4.37. The Morgan fingerprint density at radius 3 is 2.77 bits per heavy atom. The maximum absolute atomic E-state index is 13.1. The van der Waals surface area contributed by atoms with Gasteiger partial charge in [0.05, 0.1) is 11.4 Å². The zero-order chi connectivity index (χ0) is 14.9. The summed E-state index contributed by atoms with van der Waals surface area (Å²) >= 11 is 0. The Balaban J connectivity index is 1.75. The van der Waals surface area contributed by atoms with Gasteiger partial charge in [-0.15, -0.1) is 0 Å². The molecule has 4 nitrogen and oxygen atoms in total. The van der Waals surface area contributed by atoms with Gasteiger partial charge in [-0.25, -0.2) is 9.07 Å². The molecule has 5 heteroatoms. The van der Waals surface area contributed by atoms with Crippen molar-refractivity contribution in [1.82, 2.24) is 14.8 Å². The third-order valence-electron chi connectivity index (χ3n) is 3.88. The highest BCUT2D eigenvalue weighted by Crippen LogP contribution is 2.29. The van der Waals surface area contributed by atoms with Gasteiger partial charge in [-0.2, -0.15) is 5.10 Å². The van der Waals surface area contributed by atoms with Gasteiger partial charge in [-0.3, -0.25) is 4.98 Å². The maximum Gasteiger partial charge on any atom is 0.133 e. The predicted molar refractivity (Wildman–Crippen MR) is 82.8 cm³/mol. The molecule has 0 bridgehead atoms. The van der Waals surface area contributed by atoms with Crippen LogP contribution in [0.3, 0.4) is 0 Å². The Morgan fingerprint density at radius 2 is 2.00 bits per heavy atom. The Kier molecular flexibility index (Phi) is 3.11. The molecule has 1 N–H and O–H groups in total.